The molecule has 0 atom stereocenters. The quantitative estimate of drug-likeness (QED) is 0.436. The molecule has 15 heavy (non-hydrogen) atoms. The lowest BCUT2D eigenvalue weighted by Crippen LogP contribution is -2.08. The Bertz CT molecular complexity index is 149. The van der Waals surface area contributed by atoms with Crippen LogP contribution in [0.15, 0.2) is 0 Å². The third kappa shape index (κ3) is 11.1. The summed E-state index contributed by atoms with van der Waals surface area (Å²) in [7, 11) is 1.29. The number of rotatable bonds is 9. The minimum Gasteiger partial charge on any atom is -0.438 e. The van der Waals surface area contributed by atoms with Gasteiger partial charge < -0.3 is 18.9 Å². The van der Waals surface area contributed by atoms with Crippen molar-refractivity contribution in [1.29, 1.82) is 0 Å². The van der Waals surface area contributed by atoms with Crippen molar-refractivity contribution in [2.45, 2.75) is 19.8 Å². The Hall–Kier alpha value is -0.810. The summed E-state index contributed by atoms with van der Waals surface area (Å²) >= 11 is 0. The molecule has 0 aliphatic carbocycles. The molecular formula is C10H20O5. The van der Waals surface area contributed by atoms with E-state index in [4.69, 9.17) is 14.2 Å². The van der Waals surface area contributed by atoms with E-state index in [0.29, 0.717) is 26.4 Å². The molecule has 0 aromatic carbocycles. The maximum absolute atomic E-state index is 10.5. The van der Waals surface area contributed by atoms with Crippen LogP contribution < -0.4 is 0 Å². The van der Waals surface area contributed by atoms with Crippen molar-refractivity contribution >= 4 is 6.16 Å². The highest BCUT2D eigenvalue weighted by molar-refractivity contribution is 5.59. The van der Waals surface area contributed by atoms with E-state index < -0.39 is 6.16 Å². The zero-order chi connectivity index (χ0) is 11.4. The van der Waals surface area contributed by atoms with E-state index in [9.17, 15) is 4.79 Å². The van der Waals surface area contributed by atoms with Crippen LogP contribution in [0.5, 0.6) is 0 Å². The predicted octanol–water partition coefficient (Wildman–Crippen LogP) is 1.60. The van der Waals surface area contributed by atoms with Gasteiger partial charge in [0.2, 0.25) is 0 Å². The highest BCUT2D eigenvalue weighted by Gasteiger charge is 1.98. The maximum Gasteiger partial charge on any atom is 0.507 e. The molecule has 0 aromatic rings. The third-order valence-electron chi connectivity index (χ3n) is 1.65. The molecule has 5 nitrogen and oxygen atoms in total. The molecule has 0 heterocycles. The molecule has 0 bridgehead atoms. The molecule has 0 radical (unpaired) electrons. The van der Waals surface area contributed by atoms with Gasteiger partial charge in [0.1, 0.15) is 0 Å². The highest BCUT2D eigenvalue weighted by Crippen LogP contribution is 1.93. The first kappa shape index (κ1) is 14.2. The molecule has 0 unspecified atom stereocenters. The van der Waals surface area contributed by atoms with Gasteiger partial charge in [0.15, 0.2) is 0 Å². The van der Waals surface area contributed by atoms with Crippen molar-refractivity contribution < 1.29 is 23.7 Å². The maximum atomic E-state index is 10.5. The Morgan fingerprint density at radius 1 is 1.00 bits per heavy atom. The number of unbranched alkanes of at least 4 members (excludes halogenated alkanes) is 1. The summed E-state index contributed by atoms with van der Waals surface area (Å²) in [5, 5.41) is 0. The highest BCUT2D eigenvalue weighted by atomic mass is 16.7. The molecule has 0 spiro atoms. The van der Waals surface area contributed by atoms with Crippen LogP contribution in [0.2, 0.25) is 0 Å². The van der Waals surface area contributed by atoms with Crippen molar-refractivity contribution in [2.75, 3.05) is 40.1 Å². The topological polar surface area (TPSA) is 54.0 Å². The van der Waals surface area contributed by atoms with Gasteiger partial charge >= 0.3 is 6.16 Å². The van der Waals surface area contributed by atoms with Crippen LogP contribution in [-0.4, -0.2) is 46.3 Å². The predicted molar refractivity (Wildman–Crippen MR) is 54.9 cm³/mol. The van der Waals surface area contributed by atoms with Gasteiger partial charge in [-0.3, -0.25) is 0 Å². The lowest BCUT2D eigenvalue weighted by atomic mass is 10.3. The monoisotopic (exact) mass is 220 g/mol. The number of hydrogen-bond donors (Lipinski definition) is 0. The van der Waals surface area contributed by atoms with Gasteiger partial charge in [-0.05, 0) is 19.8 Å². The van der Waals surface area contributed by atoms with Gasteiger partial charge in [-0.15, -0.1) is 0 Å². The average Bonchev–Trinajstić information content (AvgIpc) is 2.26. The Balaban J connectivity index is 2.95. The minimum absolute atomic E-state index is 0.376. The summed E-state index contributed by atoms with van der Waals surface area (Å²) in [6.07, 6.45) is 1.01. The number of carbonyl (C=O) groups is 1. The second-order valence-electron chi connectivity index (χ2n) is 2.82. The van der Waals surface area contributed by atoms with Crippen LogP contribution >= 0.6 is 0 Å². The van der Waals surface area contributed by atoms with E-state index in [1.54, 1.807) is 0 Å². The Kier molecular flexibility index (Phi) is 10.7. The zero-order valence-electron chi connectivity index (χ0n) is 9.49. The molecule has 0 rings (SSSR count). The number of methoxy groups -OCH3 is 1. The van der Waals surface area contributed by atoms with Crippen LogP contribution in [0, 0.1) is 0 Å². The first-order valence-electron chi connectivity index (χ1n) is 5.17. The number of ether oxygens (including phenoxy) is 4. The second kappa shape index (κ2) is 11.3. The summed E-state index contributed by atoms with van der Waals surface area (Å²) in [6.45, 7) is 4.96. The van der Waals surface area contributed by atoms with E-state index in [1.165, 1.54) is 7.11 Å². The van der Waals surface area contributed by atoms with Gasteiger partial charge in [-0.25, -0.2) is 4.79 Å². The zero-order valence-corrected chi connectivity index (χ0v) is 9.49. The van der Waals surface area contributed by atoms with Gasteiger partial charge in [0.05, 0.1) is 26.9 Å². The van der Waals surface area contributed by atoms with Crippen LogP contribution in [0.3, 0.4) is 0 Å². The molecule has 0 saturated heterocycles. The van der Waals surface area contributed by atoms with Crippen molar-refractivity contribution in [2.24, 2.45) is 0 Å². The summed E-state index contributed by atoms with van der Waals surface area (Å²) in [4.78, 5) is 10.5. The third-order valence-corrected chi connectivity index (χ3v) is 1.65. The van der Waals surface area contributed by atoms with E-state index in [1.807, 2.05) is 6.92 Å². The van der Waals surface area contributed by atoms with E-state index >= 15 is 0 Å². The lowest BCUT2D eigenvalue weighted by molar-refractivity contribution is 0.0458. The molecule has 0 saturated carbocycles. The minimum atomic E-state index is -0.632. The van der Waals surface area contributed by atoms with Crippen LogP contribution in [0.4, 0.5) is 4.79 Å². The number of carbonyl (C=O) groups excluding carboxylic acids is 1. The normalized spacial score (nSPS) is 10.0. The van der Waals surface area contributed by atoms with Crippen molar-refractivity contribution in [3.63, 3.8) is 0 Å². The second-order valence-corrected chi connectivity index (χ2v) is 2.82. The first-order valence-corrected chi connectivity index (χ1v) is 5.17. The molecular weight excluding hydrogens is 200 g/mol. The van der Waals surface area contributed by atoms with Crippen LogP contribution in [0.1, 0.15) is 19.8 Å². The smallest absolute Gasteiger partial charge is 0.438 e. The van der Waals surface area contributed by atoms with E-state index in [2.05, 4.69) is 4.74 Å². The molecule has 0 aliphatic rings. The largest absolute Gasteiger partial charge is 0.507 e. The summed E-state index contributed by atoms with van der Waals surface area (Å²) in [5.41, 5.74) is 0. The molecule has 5 heteroatoms. The molecule has 0 fully saturated rings. The standard InChI is InChI=1S/C10H20O5/c1-3-13-8-9-14-6-4-5-7-15-10(11)12-2/h3-9H2,1-2H3. The fraction of sp³-hybridized carbons (Fsp3) is 0.900. The summed E-state index contributed by atoms with van der Waals surface area (Å²) in [5.74, 6) is 0. The van der Waals surface area contributed by atoms with E-state index in [-0.39, 0.29) is 0 Å². The van der Waals surface area contributed by atoms with Gasteiger partial charge in [-0.1, -0.05) is 0 Å². The van der Waals surface area contributed by atoms with Crippen molar-refractivity contribution in [3.05, 3.63) is 0 Å². The summed E-state index contributed by atoms with van der Waals surface area (Å²) in [6, 6.07) is 0. The fourth-order valence-electron chi connectivity index (χ4n) is 0.885. The Labute approximate surface area is 90.6 Å². The molecule has 0 N–H and O–H groups in total. The fourth-order valence-corrected chi connectivity index (χ4v) is 0.885. The van der Waals surface area contributed by atoms with E-state index in [0.717, 1.165) is 19.4 Å². The molecule has 0 aromatic heterocycles. The Morgan fingerprint density at radius 2 is 1.67 bits per heavy atom. The SMILES string of the molecule is CCOCCOCCCCOC(=O)OC. The molecule has 90 valence electrons. The van der Waals surface area contributed by atoms with Crippen molar-refractivity contribution in [3.8, 4) is 0 Å². The average molecular weight is 220 g/mol. The number of hydrogen-bond acceptors (Lipinski definition) is 5. The first-order chi connectivity index (χ1) is 7.31. The summed E-state index contributed by atoms with van der Waals surface area (Å²) < 4.78 is 19.4. The molecule has 0 amide bonds. The van der Waals surface area contributed by atoms with Gasteiger partial charge in [0.25, 0.3) is 0 Å². The van der Waals surface area contributed by atoms with Crippen LogP contribution in [0.25, 0.3) is 0 Å². The Morgan fingerprint density at radius 3 is 2.33 bits per heavy atom. The molecule has 0 aliphatic heterocycles. The van der Waals surface area contributed by atoms with Gasteiger partial charge in [0, 0.05) is 13.2 Å². The van der Waals surface area contributed by atoms with Gasteiger partial charge in [-0.2, -0.15) is 0 Å². The van der Waals surface area contributed by atoms with Crippen LogP contribution in [-0.2, 0) is 18.9 Å². The van der Waals surface area contributed by atoms with Crippen molar-refractivity contribution in [1.82, 2.24) is 0 Å². The lowest BCUT2D eigenvalue weighted by Gasteiger charge is -2.04.